The number of carbonyl (C=O) groups is 2. The lowest BCUT2D eigenvalue weighted by atomic mass is 10.0. The van der Waals surface area contributed by atoms with Crippen LogP contribution in [0.5, 0.6) is 0 Å². The number of hydrogen-bond acceptors (Lipinski definition) is 3. The van der Waals surface area contributed by atoms with Crippen LogP contribution in [0.2, 0.25) is 5.02 Å². The lowest BCUT2D eigenvalue weighted by Crippen LogP contribution is -2.21. The number of nitrogens with one attached hydrogen (secondary N) is 1. The number of primary amides is 1. The third-order valence-corrected chi connectivity index (χ3v) is 3.13. The van der Waals surface area contributed by atoms with Crippen molar-refractivity contribution in [2.45, 2.75) is 19.8 Å². The molecule has 2 amide bonds. The van der Waals surface area contributed by atoms with Crippen LogP contribution in [0.4, 0.5) is 5.69 Å². The molecule has 1 atom stereocenters. The summed E-state index contributed by atoms with van der Waals surface area (Å²) in [5.74, 6) is -0.892. The van der Waals surface area contributed by atoms with Gasteiger partial charge in [0, 0.05) is 11.5 Å². The van der Waals surface area contributed by atoms with E-state index in [1.54, 1.807) is 0 Å². The van der Waals surface area contributed by atoms with Gasteiger partial charge in [0.2, 0.25) is 11.8 Å². The minimum atomic E-state index is -0.566. The van der Waals surface area contributed by atoms with Crippen molar-refractivity contribution >= 4 is 29.1 Å². The molecule has 0 heterocycles. The minimum Gasteiger partial charge on any atom is -0.366 e. The molecule has 5 N–H and O–H groups in total. The maximum Gasteiger partial charge on any atom is 0.248 e. The third-order valence-electron chi connectivity index (χ3n) is 2.80. The van der Waals surface area contributed by atoms with E-state index >= 15 is 0 Å². The Labute approximate surface area is 117 Å². The van der Waals surface area contributed by atoms with Gasteiger partial charge in [-0.05, 0) is 37.6 Å². The number of amides is 2. The first-order valence-electron chi connectivity index (χ1n) is 6.06. The van der Waals surface area contributed by atoms with Gasteiger partial charge in [-0.15, -0.1) is 0 Å². The number of halogens is 1. The van der Waals surface area contributed by atoms with Crippen molar-refractivity contribution in [1.82, 2.24) is 0 Å². The lowest BCUT2D eigenvalue weighted by Gasteiger charge is -2.13. The molecule has 0 spiro atoms. The predicted octanol–water partition coefficient (Wildman–Crippen LogP) is 1.75. The van der Waals surface area contributed by atoms with Crippen molar-refractivity contribution < 1.29 is 9.59 Å². The molecular weight excluding hydrogens is 266 g/mol. The molecule has 1 unspecified atom stereocenters. The Bertz CT molecular complexity index is 477. The fourth-order valence-corrected chi connectivity index (χ4v) is 1.75. The fraction of sp³-hybridized carbons (Fsp3) is 0.385. The van der Waals surface area contributed by atoms with Crippen LogP contribution in [0.25, 0.3) is 0 Å². The van der Waals surface area contributed by atoms with Crippen LogP contribution in [-0.4, -0.2) is 18.4 Å². The molecule has 0 aliphatic rings. The van der Waals surface area contributed by atoms with E-state index in [2.05, 4.69) is 5.32 Å². The number of benzene rings is 1. The van der Waals surface area contributed by atoms with E-state index in [1.165, 1.54) is 18.2 Å². The molecule has 0 radical (unpaired) electrons. The molecular formula is C13H18ClN3O2. The first-order chi connectivity index (χ1) is 8.95. The zero-order valence-corrected chi connectivity index (χ0v) is 11.5. The van der Waals surface area contributed by atoms with Crippen LogP contribution in [0, 0.1) is 5.92 Å². The molecule has 1 aromatic carbocycles. The Morgan fingerprint density at radius 3 is 2.68 bits per heavy atom. The largest absolute Gasteiger partial charge is 0.366 e. The Kier molecular flexibility index (Phi) is 5.79. The number of rotatable bonds is 6. The van der Waals surface area contributed by atoms with E-state index in [9.17, 15) is 9.59 Å². The first kappa shape index (κ1) is 15.5. The van der Waals surface area contributed by atoms with Crippen LogP contribution >= 0.6 is 11.6 Å². The van der Waals surface area contributed by atoms with Crippen LogP contribution in [0.3, 0.4) is 0 Å². The SMILES string of the molecule is CC(CCCN)C(=O)Nc1cc(C(N)=O)ccc1Cl. The summed E-state index contributed by atoms with van der Waals surface area (Å²) in [6.45, 7) is 2.37. The summed E-state index contributed by atoms with van der Waals surface area (Å²) < 4.78 is 0. The number of carbonyl (C=O) groups excluding carboxylic acids is 2. The van der Waals surface area contributed by atoms with Crippen molar-refractivity contribution in [1.29, 1.82) is 0 Å². The molecule has 0 aliphatic heterocycles. The van der Waals surface area contributed by atoms with Crippen LogP contribution in [-0.2, 0) is 4.79 Å². The Morgan fingerprint density at radius 1 is 1.42 bits per heavy atom. The molecule has 1 rings (SSSR count). The molecule has 104 valence electrons. The van der Waals surface area contributed by atoms with Crippen LogP contribution < -0.4 is 16.8 Å². The van der Waals surface area contributed by atoms with Crippen molar-refractivity contribution in [3.63, 3.8) is 0 Å². The van der Waals surface area contributed by atoms with Gasteiger partial charge in [-0.3, -0.25) is 9.59 Å². The zero-order valence-electron chi connectivity index (χ0n) is 10.8. The van der Waals surface area contributed by atoms with Gasteiger partial charge in [-0.2, -0.15) is 0 Å². The summed E-state index contributed by atoms with van der Waals surface area (Å²) in [4.78, 5) is 23.0. The summed E-state index contributed by atoms with van der Waals surface area (Å²) in [6, 6.07) is 4.51. The van der Waals surface area contributed by atoms with Gasteiger partial charge in [0.05, 0.1) is 10.7 Å². The zero-order chi connectivity index (χ0) is 14.4. The van der Waals surface area contributed by atoms with Gasteiger partial charge in [0.15, 0.2) is 0 Å². The fourth-order valence-electron chi connectivity index (χ4n) is 1.59. The molecule has 0 saturated heterocycles. The molecule has 0 aromatic heterocycles. The van der Waals surface area contributed by atoms with Gasteiger partial charge in [-0.25, -0.2) is 0 Å². The van der Waals surface area contributed by atoms with Gasteiger partial charge >= 0.3 is 0 Å². The second kappa shape index (κ2) is 7.11. The van der Waals surface area contributed by atoms with Crippen molar-refractivity contribution in [2.24, 2.45) is 17.4 Å². The summed E-state index contributed by atoms with van der Waals surface area (Å²) in [5, 5.41) is 3.06. The highest BCUT2D eigenvalue weighted by atomic mass is 35.5. The van der Waals surface area contributed by atoms with E-state index in [0.717, 1.165) is 6.42 Å². The summed E-state index contributed by atoms with van der Waals surface area (Å²) in [6.07, 6.45) is 1.49. The maximum atomic E-state index is 11.9. The van der Waals surface area contributed by atoms with E-state index < -0.39 is 5.91 Å². The molecule has 0 fully saturated rings. The highest BCUT2D eigenvalue weighted by molar-refractivity contribution is 6.33. The average molecular weight is 284 g/mol. The summed E-state index contributed by atoms with van der Waals surface area (Å²) in [5.41, 5.74) is 11.3. The monoisotopic (exact) mass is 283 g/mol. The standard InChI is InChI=1S/C13H18ClN3O2/c1-8(3-2-6-15)13(19)17-11-7-9(12(16)18)4-5-10(11)14/h4-5,7-8H,2-3,6,15H2,1H3,(H2,16,18)(H,17,19). The van der Waals surface area contributed by atoms with Crippen LogP contribution in [0.15, 0.2) is 18.2 Å². The normalized spacial score (nSPS) is 11.9. The number of hydrogen-bond donors (Lipinski definition) is 3. The molecule has 0 aliphatic carbocycles. The van der Waals surface area contributed by atoms with E-state index in [0.29, 0.717) is 29.2 Å². The number of anilines is 1. The number of nitrogens with two attached hydrogens (primary N) is 2. The van der Waals surface area contributed by atoms with Gasteiger partial charge in [-0.1, -0.05) is 18.5 Å². The average Bonchev–Trinajstić information content (AvgIpc) is 2.38. The second-order valence-corrected chi connectivity index (χ2v) is 4.79. The molecule has 5 nitrogen and oxygen atoms in total. The predicted molar refractivity (Wildman–Crippen MR) is 76.1 cm³/mol. The maximum absolute atomic E-state index is 11.9. The topological polar surface area (TPSA) is 98.2 Å². The molecule has 1 aromatic rings. The smallest absolute Gasteiger partial charge is 0.248 e. The van der Waals surface area contributed by atoms with E-state index in [4.69, 9.17) is 23.1 Å². The molecule has 6 heteroatoms. The first-order valence-corrected chi connectivity index (χ1v) is 6.43. The van der Waals surface area contributed by atoms with Crippen molar-refractivity contribution in [3.05, 3.63) is 28.8 Å². The summed E-state index contributed by atoms with van der Waals surface area (Å²) in [7, 11) is 0. The molecule has 0 bridgehead atoms. The van der Waals surface area contributed by atoms with Crippen molar-refractivity contribution in [3.8, 4) is 0 Å². The highest BCUT2D eigenvalue weighted by Crippen LogP contribution is 2.24. The Hall–Kier alpha value is -1.59. The summed E-state index contributed by atoms with van der Waals surface area (Å²) >= 11 is 5.97. The van der Waals surface area contributed by atoms with Gasteiger partial charge < -0.3 is 16.8 Å². The van der Waals surface area contributed by atoms with Gasteiger partial charge in [0.25, 0.3) is 0 Å². The van der Waals surface area contributed by atoms with E-state index in [1.807, 2.05) is 6.92 Å². The molecule has 0 saturated carbocycles. The molecule has 19 heavy (non-hydrogen) atoms. The lowest BCUT2D eigenvalue weighted by molar-refractivity contribution is -0.119. The Balaban J connectivity index is 2.78. The minimum absolute atomic E-state index is 0.156. The van der Waals surface area contributed by atoms with Crippen LogP contribution in [0.1, 0.15) is 30.1 Å². The Morgan fingerprint density at radius 2 is 2.11 bits per heavy atom. The van der Waals surface area contributed by atoms with Gasteiger partial charge in [0.1, 0.15) is 0 Å². The quantitative estimate of drug-likeness (QED) is 0.742. The van der Waals surface area contributed by atoms with Crippen molar-refractivity contribution in [2.75, 3.05) is 11.9 Å². The third kappa shape index (κ3) is 4.54. The second-order valence-electron chi connectivity index (χ2n) is 4.38. The highest BCUT2D eigenvalue weighted by Gasteiger charge is 2.14. The van der Waals surface area contributed by atoms with E-state index in [-0.39, 0.29) is 11.8 Å².